The zero-order valence-electron chi connectivity index (χ0n) is 9.61. The first kappa shape index (κ1) is 13.2. The highest BCUT2D eigenvalue weighted by molar-refractivity contribution is 5.66. The molecule has 3 N–H and O–H groups in total. The van der Waals surface area contributed by atoms with Gasteiger partial charge in [0.1, 0.15) is 5.82 Å². The van der Waals surface area contributed by atoms with E-state index in [1.807, 2.05) is 0 Å². The minimum atomic E-state index is -0.740. The number of carboxylic acids is 1. The Morgan fingerprint density at radius 1 is 1.35 bits per heavy atom. The van der Waals surface area contributed by atoms with Gasteiger partial charge < -0.3 is 15.4 Å². The van der Waals surface area contributed by atoms with Gasteiger partial charge in [0.05, 0.1) is 6.33 Å². The van der Waals surface area contributed by atoms with Crippen molar-refractivity contribution < 1.29 is 9.90 Å². The Morgan fingerprint density at radius 3 is 2.82 bits per heavy atom. The number of carbonyl (C=O) groups is 1. The lowest BCUT2D eigenvalue weighted by molar-refractivity contribution is -0.137. The average molecular weight is 239 g/mol. The van der Waals surface area contributed by atoms with Crippen LogP contribution in [0.5, 0.6) is 0 Å². The molecule has 0 aliphatic carbocycles. The van der Waals surface area contributed by atoms with Crippen LogP contribution in [0, 0.1) is 0 Å². The summed E-state index contributed by atoms with van der Waals surface area (Å²) in [7, 11) is 0. The quantitative estimate of drug-likeness (QED) is 0.593. The molecule has 0 aliphatic rings. The van der Waals surface area contributed by atoms with E-state index in [4.69, 9.17) is 5.11 Å². The molecule has 6 heteroatoms. The summed E-state index contributed by atoms with van der Waals surface area (Å²) in [6.07, 6.45) is 5.15. The molecule has 17 heavy (non-hydrogen) atoms. The van der Waals surface area contributed by atoms with Crippen LogP contribution in [0.4, 0.5) is 5.82 Å². The van der Waals surface area contributed by atoms with Crippen LogP contribution in [0.25, 0.3) is 0 Å². The van der Waals surface area contributed by atoms with Crippen molar-refractivity contribution in [1.29, 1.82) is 0 Å². The summed E-state index contributed by atoms with van der Waals surface area (Å²) in [5.74, 6) is -0.171. The van der Waals surface area contributed by atoms with Gasteiger partial charge in [-0.15, -0.1) is 0 Å². The third-order valence-electron chi connectivity index (χ3n) is 2.30. The first-order valence-electron chi connectivity index (χ1n) is 5.69. The van der Waals surface area contributed by atoms with E-state index in [-0.39, 0.29) is 12.0 Å². The summed E-state index contributed by atoms with van der Waals surface area (Å²) in [5.41, 5.74) is -0.177. The summed E-state index contributed by atoms with van der Waals surface area (Å²) in [4.78, 5) is 27.6. The lowest BCUT2D eigenvalue weighted by atomic mass is 10.1. The number of aromatic amines is 1. The molecule has 1 aromatic rings. The molecule has 0 radical (unpaired) electrons. The molecule has 1 heterocycles. The number of rotatable bonds is 8. The zero-order valence-corrected chi connectivity index (χ0v) is 9.61. The van der Waals surface area contributed by atoms with Crippen LogP contribution in [0.15, 0.2) is 17.2 Å². The molecule has 0 atom stereocenters. The molecule has 0 unspecified atom stereocenters. The van der Waals surface area contributed by atoms with E-state index in [2.05, 4.69) is 15.3 Å². The summed E-state index contributed by atoms with van der Waals surface area (Å²) in [6, 6.07) is 1.41. The molecular weight excluding hydrogens is 222 g/mol. The van der Waals surface area contributed by atoms with Crippen molar-refractivity contribution in [3.05, 3.63) is 22.7 Å². The standard InChI is InChI=1S/C11H17N3O3/c15-10-7-9(13-8-14-10)12-6-4-2-1-3-5-11(16)17/h7-8H,1-6H2,(H,16,17)(H2,12,13,14,15). The molecule has 0 aliphatic heterocycles. The summed E-state index contributed by atoms with van der Waals surface area (Å²) < 4.78 is 0. The monoisotopic (exact) mass is 239 g/mol. The third-order valence-corrected chi connectivity index (χ3v) is 2.30. The van der Waals surface area contributed by atoms with Gasteiger partial charge >= 0.3 is 5.97 Å². The van der Waals surface area contributed by atoms with Crippen molar-refractivity contribution in [2.75, 3.05) is 11.9 Å². The van der Waals surface area contributed by atoms with Gasteiger partial charge in [-0.05, 0) is 12.8 Å². The molecule has 0 spiro atoms. The molecule has 0 saturated carbocycles. The number of carboxylic acid groups (broad SMARTS) is 1. The Morgan fingerprint density at radius 2 is 2.12 bits per heavy atom. The number of nitrogens with zero attached hydrogens (tertiary/aromatic N) is 1. The molecular formula is C11H17N3O3. The van der Waals surface area contributed by atoms with E-state index in [0.29, 0.717) is 5.82 Å². The topological polar surface area (TPSA) is 95.1 Å². The molecule has 6 nitrogen and oxygen atoms in total. The Kier molecular flexibility index (Phi) is 5.77. The highest BCUT2D eigenvalue weighted by atomic mass is 16.4. The number of hydrogen-bond acceptors (Lipinski definition) is 4. The van der Waals surface area contributed by atoms with Gasteiger partial charge in [-0.25, -0.2) is 4.98 Å². The van der Waals surface area contributed by atoms with E-state index < -0.39 is 5.97 Å². The van der Waals surface area contributed by atoms with Crippen LogP contribution < -0.4 is 10.9 Å². The SMILES string of the molecule is O=C(O)CCCCCCNc1cc(=O)[nH]cn1. The molecule has 1 aromatic heterocycles. The lowest BCUT2D eigenvalue weighted by Gasteiger charge is -2.04. The van der Waals surface area contributed by atoms with Crippen LogP contribution >= 0.6 is 0 Å². The Balaban J connectivity index is 2.05. The third kappa shape index (κ3) is 6.34. The van der Waals surface area contributed by atoms with Crippen molar-refractivity contribution in [1.82, 2.24) is 9.97 Å². The van der Waals surface area contributed by atoms with Gasteiger partial charge in [-0.1, -0.05) is 12.8 Å². The van der Waals surface area contributed by atoms with E-state index >= 15 is 0 Å². The molecule has 94 valence electrons. The fourth-order valence-electron chi connectivity index (χ4n) is 1.44. The number of aliphatic carboxylic acids is 1. The molecule has 0 fully saturated rings. The average Bonchev–Trinajstić information content (AvgIpc) is 2.27. The highest BCUT2D eigenvalue weighted by Crippen LogP contribution is 2.03. The van der Waals surface area contributed by atoms with Crippen molar-refractivity contribution in [3.8, 4) is 0 Å². The Labute approximate surface area is 99.1 Å². The van der Waals surface area contributed by atoms with E-state index in [9.17, 15) is 9.59 Å². The van der Waals surface area contributed by atoms with Gasteiger partial charge in [-0.2, -0.15) is 0 Å². The predicted octanol–water partition coefficient (Wildman–Crippen LogP) is 1.22. The van der Waals surface area contributed by atoms with Crippen LogP contribution in [0.2, 0.25) is 0 Å². The van der Waals surface area contributed by atoms with Crippen LogP contribution in [0.3, 0.4) is 0 Å². The van der Waals surface area contributed by atoms with E-state index in [1.165, 1.54) is 12.4 Å². The Hall–Kier alpha value is -1.85. The fourth-order valence-corrected chi connectivity index (χ4v) is 1.44. The maximum absolute atomic E-state index is 10.9. The number of H-pyrrole nitrogens is 1. The van der Waals surface area contributed by atoms with Crippen molar-refractivity contribution in [3.63, 3.8) is 0 Å². The second-order valence-electron chi connectivity index (χ2n) is 3.78. The second kappa shape index (κ2) is 7.43. The minimum Gasteiger partial charge on any atom is -0.481 e. The second-order valence-corrected chi connectivity index (χ2v) is 3.78. The van der Waals surface area contributed by atoms with Gasteiger partial charge in [0.2, 0.25) is 0 Å². The highest BCUT2D eigenvalue weighted by Gasteiger charge is 1.97. The van der Waals surface area contributed by atoms with Crippen molar-refractivity contribution >= 4 is 11.8 Å². The van der Waals surface area contributed by atoms with E-state index in [0.717, 1.165) is 32.2 Å². The maximum atomic E-state index is 10.9. The van der Waals surface area contributed by atoms with Crippen LogP contribution in [0.1, 0.15) is 32.1 Å². The number of aromatic nitrogens is 2. The van der Waals surface area contributed by atoms with Gasteiger partial charge in [0, 0.05) is 19.0 Å². The van der Waals surface area contributed by atoms with Crippen molar-refractivity contribution in [2.24, 2.45) is 0 Å². The molecule has 0 aromatic carbocycles. The summed E-state index contributed by atoms with van der Waals surface area (Å²) >= 11 is 0. The lowest BCUT2D eigenvalue weighted by Crippen LogP contribution is -2.09. The first-order chi connectivity index (χ1) is 8.18. The van der Waals surface area contributed by atoms with Gasteiger partial charge in [0.15, 0.2) is 0 Å². The van der Waals surface area contributed by atoms with Gasteiger partial charge in [-0.3, -0.25) is 9.59 Å². The number of hydrogen-bond donors (Lipinski definition) is 3. The smallest absolute Gasteiger partial charge is 0.303 e. The first-order valence-corrected chi connectivity index (χ1v) is 5.69. The predicted molar refractivity (Wildman–Crippen MR) is 64.1 cm³/mol. The normalized spacial score (nSPS) is 10.1. The van der Waals surface area contributed by atoms with E-state index in [1.54, 1.807) is 0 Å². The zero-order chi connectivity index (χ0) is 12.5. The largest absolute Gasteiger partial charge is 0.481 e. The minimum absolute atomic E-state index is 0.177. The molecule has 0 amide bonds. The van der Waals surface area contributed by atoms with Gasteiger partial charge in [0.25, 0.3) is 5.56 Å². The molecule has 1 rings (SSSR count). The number of nitrogens with one attached hydrogen (secondary N) is 2. The van der Waals surface area contributed by atoms with Crippen LogP contribution in [-0.4, -0.2) is 27.6 Å². The fraction of sp³-hybridized carbons (Fsp3) is 0.545. The number of anilines is 1. The molecule has 0 saturated heterocycles. The summed E-state index contributed by atoms with van der Waals surface area (Å²) in [5, 5.41) is 11.5. The maximum Gasteiger partial charge on any atom is 0.303 e. The Bertz CT molecular complexity index is 403. The van der Waals surface area contributed by atoms with Crippen LogP contribution in [-0.2, 0) is 4.79 Å². The van der Waals surface area contributed by atoms with Crippen molar-refractivity contribution in [2.45, 2.75) is 32.1 Å². The molecule has 0 bridgehead atoms. The summed E-state index contributed by atoms with van der Waals surface area (Å²) in [6.45, 7) is 0.740. The number of unbranched alkanes of at least 4 members (excludes halogenated alkanes) is 3.